The lowest BCUT2D eigenvalue weighted by molar-refractivity contribution is -0.135. The van der Waals surface area contributed by atoms with Crippen molar-refractivity contribution < 1.29 is 19.0 Å². The van der Waals surface area contributed by atoms with E-state index < -0.39 is 0 Å². The smallest absolute Gasteiger partial charge is 0.224 e. The molecule has 9 heteroatoms. The normalized spacial score (nSPS) is 14.1. The van der Waals surface area contributed by atoms with Gasteiger partial charge in [-0.15, -0.1) is 0 Å². The number of carbonyl (C=O) groups excluding carboxylic acids is 1. The van der Waals surface area contributed by atoms with Crippen LogP contribution in [0.3, 0.4) is 0 Å². The highest BCUT2D eigenvalue weighted by atomic mass is 32.1. The van der Waals surface area contributed by atoms with E-state index in [0.717, 1.165) is 22.3 Å². The van der Waals surface area contributed by atoms with Gasteiger partial charge in [-0.25, -0.2) is 4.98 Å². The lowest BCUT2D eigenvalue weighted by Gasteiger charge is -2.28. The lowest BCUT2D eigenvalue weighted by atomic mass is 10.1. The zero-order chi connectivity index (χ0) is 20.5. The van der Waals surface area contributed by atoms with Crippen molar-refractivity contribution in [3.63, 3.8) is 0 Å². The summed E-state index contributed by atoms with van der Waals surface area (Å²) >= 11 is 1.36. The fourth-order valence-electron chi connectivity index (χ4n) is 3.12. The molecule has 1 aromatic heterocycles. The zero-order valence-electron chi connectivity index (χ0n) is 17.0. The minimum Gasteiger partial charge on any atom is -0.497 e. The van der Waals surface area contributed by atoms with Crippen molar-refractivity contribution in [2.24, 2.45) is 0 Å². The predicted molar refractivity (Wildman–Crippen MR) is 112 cm³/mol. The number of anilines is 1. The van der Waals surface area contributed by atoms with Crippen LogP contribution in [0.5, 0.6) is 5.75 Å². The van der Waals surface area contributed by atoms with Crippen molar-refractivity contribution >= 4 is 22.6 Å². The molecule has 0 spiro atoms. The molecule has 0 saturated carbocycles. The van der Waals surface area contributed by atoms with Gasteiger partial charge in [-0.2, -0.15) is 4.37 Å². The number of hydrogen-bond acceptors (Lipinski definition) is 8. The number of methoxy groups -OCH3 is 2. The minimum absolute atomic E-state index is 0.150. The zero-order valence-corrected chi connectivity index (χ0v) is 17.8. The molecule has 3 rings (SSSR count). The van der Waals surface area contributed by atoms with E-state index >= 15 is 0 Å². The third kappa shape index (κ3) is 6.38. The molecule has 2 aromatic rings. The minimum atomic E-state index is 0.150. The summed E-state index contributed by atoms with van der Waals surface area (Å²) in [5, 5.41) is 0.815. The van der Waals surface area contributed by atoms with E-state index in [2.05, 4.69) is 9.27 Å². The maximum atomic E-state index is 12.5. The van der Waals surface area contributed by atoms with Gasteiger partial charge in [0.1, 0.15) is 11.6 Å². The van der Waals surface area contributed by atoms with Crippen molar-refractivity contribution in [3.8, 4) is 5.75 Å². The molecule has 0 aliphatic carbocycles. The first-order valence-corrected chi connectivity index (χ1v) is 10.5. The quantitative estimate of drug-likeness (QED) is 0.580. The maximum absolute atomic E-state index is 12.5. The average molecular weight is 421 g/mol. The SMILES string of the molecule is COCCN(CCC(=O)N1CCOCC1)c1nc(Cc2cccc(OC)c2)ns1. The number of hydrogen-bond donors (Lipinski definition) is 0. The Morgan fingerprint density at radius 2 is 2.10 bits per heavy atom. The third-order valence-corrected chi connectivity index (χ3v) is 5.56. The predicted octanol–water partition coefficient (Wildman–Crippen LogP) is 1.84. The first kappa shape index (κ1) is 21.5. The van der Waals surface area contributed by atoms with Crippen LogP contribution in [0.1, 0.15) is 17.8 Å². The Hall–Kier alpha value is -2.23. The van der Waals surface area contributed by atoms with Crippen LogP contribution in [0.2, 0.25) is 0 Å². The highest BCUT2D eigenvalue weighted by Gasteiger charge is 2.19. The number of benzene rings is 1. The van der Waals surface area contributed by atoms with Gasteiger partial charge in [0.25, 0.3) is 0 Å². The third-order valence-electron chi connectivity index (χ3n) is 4.75. The van der Waals surface area contributed by atoms with Gasteiger partial charge in [0.05, 0.1) is 26.9 Å². The van der Waals surface area contributed by atoms with Crippen molar-refractivity contribution in [2.45, 2.75) is 12.8 Å². The summed E-state index contributed by atoms with van der Waals surface area (Å²) in [6, 6.07) is 7.91. The first-order chi connectivity index (χ1) is 14.2. The van der Waals surface area contributed by atoms with Gasteiger partial charge in [0, 0.05) is 57.7 Å². The van der Waals surface area contributed by atoms with E-state index in [9.17, 15) is 4.79 Å². The monoisotopic (exact) mass is 420 g/mol. The Labute approximate surface area is 175 Å². The second kappa shape index (κ2) is 11.1. The van der Waals surface area contributed by atoms with Gasteiger partial charge >= 0.3 is 0 Å². The summed E-state index contributed by atoms with van der Waals surface area (Å²) in [5.74, 6) is 1.73. The molecule has 0 atom stereocenters. The fourth-order valence-corrected chi connectivity index (χ4v) is 3.85. The van der Waals surface area contributed by atoms with Crippen LogP contribution in [0.15, 0.2) is 24.3 Å². The van der Waals surface area contributed by atoms with E-state index in [-0.39, 0.29) is 5.91 Å². The van der Waals surface area contributed by atoms with Crippen LogP contribution in [0.4, 0.5) is 5.13 Å². The molecule has 29 heavy (non-hydrogen) atoms. The van der Waals surface area contributed by atoms with Crippen LogP contribution in [-0.2, 0) is 20.7 Å². The van der Waals surface area contributed by atoms with E-state index in [4.69, 9.17) is 19.2 Å². The molecule has 1 fully saturated rings. The Morgan fingerprint density at radius 3 is 2.86 bits per heavy atom. The van der Waals surface area contributed by atoms with Crippen molar-refractivity contribution in [2.75, 3.05) is 65.1 Å². The number of amides is 1. The molecule has 0 bridgehead atoms. The Bertz CT molecular complexity index is 779. The molecule has 1 amide bonds. The van der Waals surface area contributed by atoms with Crippen LogP contribution in [-0.4, -0.2) is 80.4 Å². The molecular weight excluding hydrogens is 392 g/mol. The topological polar surface area (TPSA) is 77.0 Å². The lowest BCUT2D eigenvalue weighted by Crippen LogP contribution is -2.42. The molecule has 0 unspecified atom stereocenters. The maximum Gasteiger partial charge on any atom is 0.224 e. The first-order valence-electron chi connectivity index (χ1n) is 9.74. The summed E-state index contributed by atoms with van der Waals surface area (Å²) in [6.45, 7) is 4.39. The summed E-state index contributed by atoms with van der Waals surface area (Å²) in [7, 11) is 3.33. The molecule has 158 valence electrons. The van der Waals surface area contributed by atoms with Gasteiger partial charge in [0.15, 0.2) is 0 Å². The van der Waals surface area contributed by atoms with E-state index in [1.165, 1.54) is 11.5 Å². The summed E-state index contributed by atoms with van der Waals surface area (Å²) in [5.41, 5.74) is 1.10. The van der Waals surface area contributed by atoms with Crippen LogP contribution >= 0.6 is 11.5 Å². The van der Waals surface area contributed by atoms with Crippen molar-refractivity contribution in [1.82, 2.24) is 14.3 Å². The molecule has 0 radical (unpaired) electrons. The number of ether oxygens (including phenoxy) is 3. The second-order valence-electron chi connectivity index (χ2n) is 6.74. The molecular formula is C20H28N4O4S. The summed E-state index contributed by atoms with van der Waals surface area (Å²) in [4.78, 5) is 21.1. The van der Waals surface area contributed by atoms with Gasteiger partial charge in [0.2, 0.25) is 11.0 Å². The molecule has 1 saturated heterocycles. The molecule has 1 aromatic carbocycles. The Balaban J connectivity index is 1.61. The molecule has 8 nitrogen and oxygen atoms in total. The van der Waals surface area contributed by atoms with Crippen LogP contribution in [0.25, 0.3) is 0 Å². The standard InChI is InChI=1S/C20H28N4O4S/c1-26-11-8-24(7-6-19(25)23-9-12-28-13-10-23)20-21-18(22-29-20)15-16-4-3-5-17(14-16)27-2/h3-5,14H,6-13,15H2,1-2H3. The number of morpholine rings is 1. The second-order valence-corrected chi connectivity index (χ2v) is 7.47. The summed E-state index contributed by atoms with van der Waals surface area (Å²) < 4.78 is 20.3. The Morgan fingerprint density at radius 1 is 1.28 bits per heavy atom. The molecule has 0 N–H and O–H groups in total. The molecule has 2 heterocycles. The largest absolute Gasteiger partial charge is 0.497 e. The number of aromatic nitrogens is 2. The van der Waals surface area contributed by atoms with Gasteiger partial charge in [-0.3, -0.25) is 4.79 Å². The van der Waals surface area contributed by atoms with Crippen LogP contribution < -0.4 is 9.64 Å². The average Bonchev–Trinajstić information content (AvgIpc) is 3.22. The highest BCUT2D eigenvalue weighted by molar-refractivity contribution is 7.09. The van der Waals surface area contributed by atoms with Gasteiger partial charge in [-0.05, 0) is 17.7 Å². The van der Waals surface area contributed by atoms with Gasteiger partial charge < -0.3 is 24.0 Å². The van der Waals surface area contributed by atoms with Gasteiger partial charge in [-0.1, -0.05) is 12.1 Å². The van der Waals surface area contributed by atoms with Crippen molar-refractivity contribution in [1.29, 1.82) is 0 Å². The van der Waals surface area contributed by atoms with Crippen LogP contribution in [0, 0.1) is 0 Å². The van der Waals surface area contributed by atoms with Crippen molar-refractivity contribution in [3.05, 3.63) is 35.7 Å². The van der Waals surface area contributed by atoms with E-state index in [1.54, 1.807) is 14.2 Å². The number of carbonyl (C=O) groups is 1. The molecule has 1 aliphatic rings. The number of nitrogens with zero attached hydrogens (tertiary/aromatic N) is 4. The molecule has 1 aliphatic heterocycles. The van der Waals surface area contributed by atoms with E-state index in [1.807, 2.05) is 29.2 Å². The fraction of sp³-hybridized carbons (Fsp3) is 0.550. The summed E-state index contributed by atoms with van der Waals surface area (Å²) in [6.07, 6.45) is 1.08. The van der Waals surface area contributed by atoms with E-state index in [0.29, 0.717) is 58.8 Å². The number of rotatable bonds is 10. The Kier molecular flexibility index (Phi) is 8.21. The highest BCUT2D eigenvalue weighted by Crippen LogP contribution is 2.21.